The van der Waals surface area contributed by atoms with Crippen molar-refractivity contribution in [1.82, 2.24) is 4.90 Å². The summed E-state index contributed by atoms with van der Waals surface area (Å²) in [5.41, 5.74) is 9.02. The average Bonchev–Trinajstić information content (AvgIpc) is 2.27. The monoisotopic (exact) mass is 231 g/mol. The van der Waals surface area contributed by atoms with Crippen LogP contribution in [0.25, 0.3) is 10.4 Å². The fourth-order valence-electron chi connectivity index (χ4n) is 1.74. The third kappa shape index (κ3) is 3.21. The molecule has 17 heavy (non-hydrogen) atoms. The smallest absolute Gasteiger partial charge is 0.238 e. The van der Waals surface area contributed by atoms with Gasteiger partial charge in [0.25, 0.3) is 0 Å². The van der Waals surface area contributed by atoms with Crippen molar-refractivity contribution in [2.24, 2.45) is 5.11 Å². The molecule has 0 unspecified atom stereocenters. The highest BCUT2D eigenvalue weighted by Crippen LogP contribution is 2.11. The molecular weight excluding hydrogens is 218 g/mol. The van der Waals surface area contributed by atoms with E-state index in [0.29, 0.717) is 19.6 Å². The third-order valence-electron chi connectivity index (χ3n) is 2.58. The molecule has 0 radical (unpaired) electrons. The maximum Gasteiger partial charge on any atom is 0.238 e. The number of anilines is 1. The van der Waals surface area contributed by atoms with E-state index in [1.807, 2.05) is 35.2 Å². The van der Waals surface area contributed by atoms with Crippen LogP contribution in [0.4, 0.5) is 5.69 Å². The normalized spacial score (nSPS) is 15.8. The second kappa shape index (κ2) is 5.34. The van der Waals surface area contributed by atoms with Gasteiger partial charge in [0.05, 0.1) is 12.6 Å². The van der Waals surface area contributed by atoms with Gasteiger partial charge in [-0.25, -0.2) is 0 Å². The van der Waals surface area contributed by atoms with Gasteiger partial charge >= 0.3 is 0 Å². The summed E-state index contributed by atoms with van der Waals surface area (Å²) in [5.74, 6) is -0.0458. The van der Waals surface area contributed by atoms with Crippen molar-refractivity contribution in [2.75, 3.05) is 25.0 Å². The molecule has 1 aromatic carbocycles. The van der Waals surface area contributed by atoms with Crippen molar-refractivity contribution in [1.29, 1.82) is 0 Å². The largest absolute Gasteiger partial charge is 0.325 e. The minimum atomic E-state index is -0.0458. The molecule has 0 aliphatic carbocycles. The molecule has 1 saturated heterocycles. The summed E-state index contributed by atoms with van der Waals surface area (Å²) in [6, 6.07) is 9.35. The Morgan fingerprint density at radius 3 is 2.82 bits per heavy atom. The lowest BCUT2D eigenvalue weighted by molar-refractivity contribution is -0.118. The molecule has 1 fully saturated rings. The van der Waals surface area contributed by atoms with Crippen LogP contribution in [0.2, 0.25) is 0 Å². The van der Waals surface area contributed by atoms with E-state index in [0.717, 1.165) is 5.69 Å². The minimum Gasteiger partial charge on any atom is -0.325 e. The van der Waals surface area contributed by atoms with Crippen LogP contribution >= 0.6 is 0 Å². The maximum atomic E-state index is 11.6. The van der Waals surface area contributed by atoms with E-state index in [2.05, 4.69) is 15.3 Å². The van der Waals surface area contributed by atoms with E-state index < -0.39 is 0 Å². The summed E-state index contributed by atoms with van der Waals surface area (Å²) in [6.07, 6.45) is 0. The summed E-state index contributed by atoms with van der Waals surface area (Å²) < 4.78 is 0. The van der Waals surface area contributed by atoms with Crippen LogP contribution in [0.5, 0.6) is 0 Å². The van der Waals surface area contributed by atoms with Gasteiger partial charge in [-0.1, -0.05) is 23.3 Å². The lowest BCUT2D eigenvalue weighted by atomic mass is 10.1. The van der Waals surface area contributed by atoms with E-state index in [4.69, 9.17) is 5.53 Å². The van der Waals surface area contributed by atoms with Crippen LogP contribution in [0.15, 0.2) is 35.4 Å². The van der Waals surface area contributed by atoms with E-state index in [-0.39, 0.29) is 11.9 Å². The van der Waals surface area contributed by atoms with Gasteiger partial charge < -0.3 is 5.32 Å². The highest BCUT2D eigenvalue weighted by molar-refractivity contribution is 5.92. The standard InChI is InChI=1S/C11H13N5O/c12-15-14-10-6-16(7-10)8-11(17)13-9-4-2-1-3-5-9/h1-5,10H,6-8H2,(H,13,17). The van der Waals surface area contributed by atoms with Gasteiger partial charge in [0, 0.05) is 23.7 Å². The van der Waals surface area contributed by atoms with Crippen LogP contribution < -0.4 is 5.32 Å². The Morgan fingerprint density at radius 2 is 2.18 bits per heavy atom. The van der Waals surface area contributed by atoms with Gasteiger partial charge in [-0.15, -0.1) is 0 Å². The number of hydrogen-bond donors (Lipinski definition) is 1. The maximum absolute atomic E-state index is 11.6. The Morgan fingerprint density at radius 1 is 1.47 bits per heavy atom. The second-order valence-electron chi connectivity index (χ2n) is 3.97. The molecule has 6 nitrogen and oxygen atoms in total. The molecule has 1 heterocycles. The van der Waals surface area contributed by atoms with E-state index >= 15 is 0 Å². The Hall–Kier alpha value is -2.04. The summed E-state index contributed by atoms with van der Waals surface area (Å²) in [4.78, 5) is 16.3. The summed E-state index contributed by atoms with van der Waals surface area (Å²) in [7, 11) is 0. The van der Waals surface area contributed by atoms with Gasteiger partial charge in [-0.3, -0.25) is 9.69 Å². The van der Waals surface area contributed by atoms with Crippen molar-refractivity contribution in [3.05, 3.63) is 40.8 Å². The molecule has 0 saturated carbocycles. The first-order chi connectivity index (χ1) is 8.28. The molecule has 1 N–H and O–H groups in total. The predicted octanol–water partition coefficient (Wildman–Crippen LogP) is 1.62. The van der Waals surface area contributed by atoms with Crippen LogP contribution in [0.3, 0.4) is 0 Å². The summed E-state index contributed by atoms with van der Waals surface area (Å²) >= 11 is 0. The zero-order chi connectivity index (χ0) is 12.1. The molecule has 2 rings (SSSR count). The number of amides is 1. The number of rotatable bonds is 4. The highest BCUT2D eigenvalue weighted by Gasteiger charge is 2.26. The van der Waals surface area contributed by atoms with Gasteiger partial charge in [-0.2, -0.15) is 0 Å². The number of nitrogens with one attached hydrogen (secondary N) is 1. The molecule has 0 bridgehead atoms. The molecule has 1 amide bonds. The summed E-state index contributed by atoms with van der Waals surface area (Å²) in [5, 5.41) is 6.38. The average molecular weight is 231 g/mol. The third-order valence-corrected chi connectivity index (χ3v) is 2.58. The van der Waals surface area contributed by atoms with Gasteiger partial charge in [0.2, 0.25) is 5.91 Å². The van der Waals surface area contributed by atoms with Crippen LogP contribution in [-0.4, -0.2) is 36.5 Å². The molecule has 0 spiro atoms. The lowest BCUT2D eigenvalue weighted by Gasteiger charge is -2.35. The molecule has 6 heteroatoms. The van der Waals surface area contributed by atoms with Crippen LogP contribution in [0.1, 0.15) is 0 Å². The van der Waals surface area contributed by atoms with Crippen molar-refractivity contribution in [2.45, 2.75) is 6.04 Å². The first kappa shape index (κ1) is 11.4. The number of hydrogen-bond acceptors (Lipinski definition) is 3. The number of nitrogens with zero attached hydrogens (tertiary/aromatic N) is 4. The Bertz CT molecular complexity index is 434. The number of para-hydroxylation sites is 1. The number of likely N-dealkylation sites (tertiary alicyclic amines) is 1. The number of benzene rings is 1. The van der Waals surface area contributed by atoms with E-state index in [1.54, 1.807) is 0 Å². The highest BCUT2D eigenvalue weighted by atomic mass is 16.2. The Balaban J connectivity index is 1.74. The molecule has 1 aliphatic rings. The zero-order valence-corrected chi connectivity index (χ0v) is 9.28. The number of carbonyl (C=O) groups is 1. The molecular formula is C11H13N5O. The number of azide groups is 1. The summed E-state index contributed by atoms with van der Waals surface area (Å²) in [6.45, 7) is 1.66. The van der Waals surface area contributed by atoms with Crippen LogP contribution in [0, 0.1) is 0 Å². The first-order valence-corrected chi connectivity index (χ1v) is 5.39. The topological polar surface area (TPSA) is 81.1 Å². The Labute approximate surface area is 98.9 Å². The minimum absolute atomic E-state index is 0.0181. The SMILES string of the molecule is [N-]=[N+]=NC1CN(CC(=O)Nc2ccccc2)C1. The zero-order valence-electron chi connectivity index (χ0n) is 9.28. The van der Waals surface area contributed by atoms with Crippen molar-refractivity contribution in [3.8, 4) is 0 Å². The number of carbonyl (C=O) groups excluding carboxylic acids is 1. The Kier molecular flexibility index (Phi) is 3.59. The molecule has 0 atom stereocenters. The van der Waals surface area contributed by atoms with Gasteiger partial charge in [-0.05, 0) is 17.7 Å². The fraction of sp³-hybridized carbons (Fsp3) is 0.364. The molecule has 1 aromatic rings. The second-order valence-corrected chi connectivity index (χ2v) is 3.97. The van der Waals surface area contributed by atoms with E-state index in [9.17, 15) is 4.79 Å². The first-order valence-electron chi connectivity index (χ1n) is 5.39. The molecule has 0 aromatic heterocycles. The lowest BCUT2D eigenvalue weighted by Crippen LogP contribution is -2.52. The van der Waals surface area contributed by atoms with Gasteiger partial charge in [0.15, 0.2) is 0 Å². The van der Waals surface area contributed by atoms with E-state index in [1.165, 1.54) is 0 Å². The van der Waals surface area contributed by atoms with Gasteiger partial charge in [0.1, 0.15) is 0 Å². The molecule has 1 aliphatic heterocycles. The van der Waals surface area contributed by atoms with Crippen molar-refractivity contribution >= 4 is 11.6 Å². The molecule has 88 valence electrons. The quantitative estimate of drug-likeness (QED) is 0.485. The van der Waals surface area contributed by atoms with Crippen molar-refractivity contribution < 1.29 is 4.79 Å². The fourth-order valence-corrected chi connectivity index (χ4v) is 1.74. The predicted molar refractivity (Wildman–Crippen MR) is 64.4 cm³/mol. The van der Waals surface area contributed by atoms with Crippen LogP contribution in [-0.2, 0) is 4.79 Å². The van der Waals surface area contributed by atoms with Crippen molar-refractivity contribution in [3.63, 3.8) is 0 Å².